The summed E-state index contributed by atoms with van der Waals surface area (Å²) in [6.45, 7) is 2.36. The van der Waals surface area contributed by atoms with E-state index in [1.807, 2.05) is 31.2 Å². The summed E-state index contributed by atoms with van der Waals surface area (Å²) in [4.78, 5) is 26.4. The van der Waals surface area contributed by atoms with Crippen molar-refractivity contribution in [2.45, 2.75) is 76.2 Å². The summed E-state index contributed by atoms with van der Waals surface area (Å²) in [6, 6.07) is 12.9. The molecule has 1 saturated carbocycles. The predicted molar refractivity (Wildman–Crippen MR) is 135 cm³/mol. The molecule has 38 heavy (non-hydrogen) atoms. The lowest BCUT2D eigenvalue weighted by Gasteiger charge is -2.39. The smallest absolute Gasteiger partial charge is 0.478 e. The van der Waals surface area contributed by atoms with Gasteiger partial charge >= 0.3 is 12.3 Å². The number of piperidine rings is 1. The fraction of sp³-hybridized carbons (Fsp3) is 0.429. The molecule has 3 fully saturated rings. The fourth-order valence-electron chi connectivity index (χ4n) is 5.70. The van der Waals surface area contributed by atoms with Gasteiger partial charge in [0.1, 0.15) is 17.3 Å². The molecule has 3 aromatic rings. The summed E-state index contributed by atoms with van der Waals surface area (Å²) in [5.41, 5.74) is 4.09. The molecule has 1 aromatic carbocycles. The standard InChI is InChI=1S/C27H29N3O4.CF2O/c1-16-11-24(28-14-22(16)27(31)32)30-19-9-10-20(30)13-21(12-19)33-15-23-25(17-5-3-2-4-6-17)29-34-26(23)18-7-8-18;2-1(3)4/h2-6,11,14,18-21H,7-10,12-13,15H2,1H3,(H,31,32);/t19-,20?,21?;/m0./s1. The number of carbonyl (C=O) groups is 2. The van der Waals surface area contributed by atoms with Gasteiger partial charge < -0.3 is 19.3 Å². The van der Waals surface area contributed by atoms with E-state index in [-0.39, 0.29) is 11.7 Å². The van der Waals surface area contributed by atoms with Crippen LogP contribution in [0.25, 0.3) is 11.3 Å². The highest BCUT2D eigenvalue weighted by atomic mass is 19.3. The molecule has 2 unspecified atom stereocenters. The SMILES string of the molecule is Cc1cc(N2C3CC[C@H]2CC(OCc2c(-c4ccccc4)noc2C2CC2)C3)ncc1C(=O)O.O=C(F)F. The number of hydrogen-bond donors (Lipinski definition) is 1. The highest BCUT2D eigenvalue weighted by molar-refractivity contribution is 5.89. The van der Waals surface area contributed by atoms with Crippen LogP contribution in [0.4, 0.5) is 19.4 Å². The minimum atomic E-state index is -2.83. The van der Waals surface area contributed by atoms with Gasteiger partial charge in [0.15, 0.2) is 0 Å². The summed E-state index contributed by atoms with van der Waals surface area (Å²) in [5, 5.41) is 13.7. The number of aryl methyl sites for hydroxylation is 1. The van der Waals surface area contributed by atoms with E-state index in [1.54, 1.807) is 0 Å². The highest BCUT2D eigenvalue weighted by Crippen LogP contribution is 2.45. The van der Waals surface area contributed by atoms with Gasteiger partial charge in [0, 0.05) is 35.3 Å². The fourth-order valence-corrected chi connectivity index (χ4v) is 5.70. The van der Waals surface area contributed by atoms with Gasteiger partial charge in [0.05, 0.1) is 18.3 Å². The van der Waals surface area contributed by atoms with Crippen LogP contribution in [0.15, 0.2) is 47.1 Å². The number of anilines is 1. The average molecular weight is 526 g/mol. The zero-order valence-corrected chi connectivity index (χ0v) is 21.0. The summed E-state index contributed by atoms with van der Waals surface area (Å²) in [6.07, 6.45) is 5.27. The van der Waals surface area contributed by atoms with Gasteiger partial charge in [0.2, 0.25) is 0 Å². The second-order valence-corrected chi connectivity index (χ2v) is 10.1. The monoisotopic (exact) mass is 525 g/mol. The Morgan fingerprint density at radius 2 is 1.76 bits per heavy atom. The van der Waals surface area contributed by atoms with Crippen molar-refractivity contribution in [1.82, 2.24) is 10.1 Å². The van der Waals surface area contributed by atoms with Gasteiger partial charge in [-0.1, -0.05) is 35.5 Å². The van der Waals surface area contributed by atoms with Crippen molar-refractivity contribution in [3.63, 3.8) is 0 Å². The molecule has 2 aromatic heterocycles. The normalized spacial score (nSPS) is 22.1. The quantitative estimate of drug-likeness (QED) is 0.354. The second kappa shape index (κ2) is 11.0. The molecule has 10 heteroatoms. The van der Waals surface area contributed by atoms with Crippen LogP contribution in [0.1, 0.15) is 71.7 Å². The number of carboxylic acid groups (broad SMARTS) is 1. The van der Waals surface area contributed by atoms with Gasteiger partial charge in [-0.25, -0.2) is 14.6 Å². The van der Waals surface area contributed by atoms with Crippen LogP contribution in [0.3, 0.4) is 0 Å². The molecular formula is C28H29F2N3O5. The van der Waals surface area contributed by atoms with Gasteiger partial charge in [-0.3, -0.25) is 0 Å². The van der Waals surface area contributed by atoms with Crippen LogP contribution in [-0.2, 0) is 11.3 Å². The molecule has 1 aliphatic carbocycles. The maximum atomic E-state index is 11.4. The highest BCUT2D eigenvalue weighted by Gasteiger charge is 2.42. The van der Waals surface area contributed by atoms with Crippen LogP contribution in [0, 0.1) is 6.92 Å². The number of halogens is 2. The summed E-state index contributed by atoms with van der Waals surface area (Å²) >= 11 is 0. The van der Waals surface area contributed by atoms with Crippen molar-refractivity contribution in [3.05, 3.63) is 65.0 Å². The summed E-state index contributed by atoms with van der Waals surface area (Å²) < 4.78 is 31.7. The molecule has 2 aliphatic heterocycles. The average Bonchev–Trinajstić information content (AvgIpc) is 3.58. The van der Waals surface area contributed by atoms with Crippen LogP contribution >= 0.6 is 0 Å². The van der Waals surface area contributed by atoms with E-state index in [2.05, 4.69) is 27.2 Å². The van der Waals surface area contributed by atoms with E-state index in [1.165, 1.54) is 6.20 Å². The zero-order chi connectivity index (χ0) is 26.8. The van der Waals surface area contributed by atoms with Crippen LogP contribution in [0.2, 0.25) is 0 Å². The first kappa shape index (κ1) is 26.0. The Hall–Kier alpha value is -3.66. The minimum Gasteiger partial charge on any atom is -0.478 e. The summed E-state index contributed by atoms with van der Waals surface area (Å²) in [5.74, 6) is 1.43. The van der Waals surface area contributed by atoms with E-state index in [0.717, 1.165) is 72.5 Å². The Morgan fingerprint density at radius 3 is 2.34 bits per heavy atom. The molecule has 3 aliphatic rings. The Bertz CT molecular complexity index is 1290. The third-order valence-electron chi connectivity index (χ3n) is 7.56. The topological polar surface area (TPSA) is 106 Å². The Morgan fingerprint density at radius 1 is 1.11 bits per heavy atom. The van der Waals surface area contributed by atoms with Crippen LogP contribution < -0.4 is 4.90 Å². The largest absolute Gasteiger partial charge is 0.483 e. The molecule has 0 amide bonds. The molecule has 0 spiro atoms. The van der Waals surface area contributed by atoms with Gasteiger partial charge in [0.25, 0.3) is 0 Å². The molecule has 8 nitrogen and oxygen atoms in total. The van der Waals surface area contributed by atoms with E-state index in [4.69, 9.17) is 14.1 Å². The number of ether oxygens (including phenoxy) is 1. The third-order valence-corrected chi connectivity index (χ3v) is 7.56. The van der Waals surface area contributed by atoms with Crippen molar-refractivity contribution < 1.29 is 32.7 Å². The first-order valence-corrected chi connectivity index (χ1v) is 12.8. The number of hydrogen-bond acceptors (Lipinski definition) is 7. The first-order valence-electron chi connectivity index (χ1n) is 12.8. The van der Waals surface area contributed by atoms with Crippen molar-refractivity contribution in [2.75, 3.05) is 4.90 Å². The Balaban J connectivity index is 0.000000689. The number of pyridine rings is 1. The van der Waals surface area contributed by atoms with E-state index in [0.29, 0.717) is 24.6 Å². The molecule has 200 valence electrons. The van der Waals surface area contributed by atoms with E-state index >= 15 is 0 Å². The number of aromatic carboxylic acids is 1. The van der Waals surface area contributed by atoms with E-state index in [9.17, 15) is 18.7 Å². The van der Waals surface area contributed by atoms with Crippen molar-refractivity contribution in [1.29, 1.82) is 0 Å². The maximum absolute atomic E-state index is 11.4. The van der Waals surface area contributed by atoms with Gasteiger partial charge in [-0.15, -0.1) is 8.78 Å². The first-order chi connectivity index (χ1) is 18.3. The van der Waals surface area contributed by atoms with Crippen LogP contribution in [0.5, 0.6) is 0 Å². The number of aromatic nitrogens is 2. The third kappa shape index (κ3) is 5.60. The summed E-state index contributed by atoms with van der Waals surface area (Å²) in [7, 11) is 0. The number of carbonyl (C=O) groups excluding carboxylic acids is 1. The molecule has 0 radical (unpaired) electrons. The molecular weight excluding hydrogens is 496 g/mol. The Labute approximate surface area is 218 Å². The van der Waals surface area contributed by atoms with Crippen LogP contribution in [-0.4, -0.2) is 45.7 Å². The molecule has 2 bridgehead atoms. The van der Waals surface area contributed by atoms with E-state index < -0.39 is 12.3 Å². The molecule has 6 rings (SSSR count). The van der Waals surface area contributed by atoms with Gasteiger partial charge in [-0.05, 0) is 57.1 Å². The lowest BCUT2D eigenvalue weighted by molar-refractivity contribution is 0.0146. The van der Waals surface area contributed by atoms with Crippen molar-refractivity contribution in [2.24, 2.45) is 0 Å². The molecule has 1 N–H and O–H groups in total. The molecule has 2 saturated heterocycles. The van der Waals surface area contributed by atoms with Crippen molar-refractivity contribution >= 4 is 18.1 Å². The van der Waals surface area contributed by atoms with Crippen molar-refractivity contribution in [3.8, 4) is 11.3 Å². The second-order valence-electron chi connectivity index (χ2n) is 10.1. The Kier molecular flexibility index (Phi) is 7.51. The number of carboxylic acids is 1. The minimum absolute atomic E-state index is 0.179. The maximum Gasteiger partial charge on any atom is 0.483 e. The zero-order valence-electron chi connectivity index (χ0n) is 21.0. The number of nitrogens with zero attached hydrogens (tertiary/aromatic N) is 3. The predicted octanol–water partition coefficient (Wildman–Crippen LogP) is 6.38. The van der Waals surface area contributed by atoms with Gasteiger partial charge in [-0.2, -0.15) is 0 Å². The number of rotatable bonds is 7. The number of benzene rings is 1. The molecule has 4 heterocycles. The lowest BCUT2D eigenvalue weighted by atomic mass is 9.99. The lowest BCUT2D eigenvalue weighted by Crippen LogP contribution is -2.46. The number of fused-ring (bicyclic) bond motifs is 2. The molecule has 3 atom stereocenters.